The van der Waals surface area contributed by atoms with Crippen LogP contribution in [0.3, 0.4) is 0 Å². The summed E-state index contributed by atoms with van der Waals surface area (Å²) in [4.78, 5) is 10.9. The van der Waals surface area contributed by atoms with E-state index in [-0.39, 0.29) is 6.61 Å². The Labute approximate surface area is 96.4 Å². The molecule has 0 amide bonds. The molecular weight excluding hydrogens is 206 g/mol. The summed E-state index contributed by atoms with van der Waals surface area (Å²) in [6.07, 6.45) is 5.69. The quantitative estimate of drug-likeness (QED) is 0.595. The van der Waals surface area contributed by atoms with Crippen LogP contribution >= 0.6 is 0 Å². The van der Waals surface area contributed by atoms with Crippen molar-refractivity contribution in [2.45, 2.75) is 38.6 Å². The largest absolute Gasteiger partial charge is 0.481 e. The molecule has 1 rings (SSSR count). The fraction of sp³-hybridized carbons (Fsp3) is 0.750. The second kappa shape index (κ2) is 6.66. The minimum absolute atomic E-state index is 0.0671. The Morgan fingerprint density at radius 2 is 2.44 bits per heavy atom. The van der Waals surface area contributed by atoms with E-state index in [9.17, 15) is 4.79 Å². The maximum Gasteiger partial charge on any atom is 0.307 e. The van der Waals surface area contributed by atoms with Gasteiger partial charge in [-0.2, -0.15) is 0 Å². The van der Waals surface area contributed by atoms with Gasteiger partial charge in [-0.25, -0.2) is 0 Å². The molecule has 0 aromatic rings. The summed E-state index contributed by atoms with van der Waals surface area (Å²) in [7, 11) is 0. The molecule has 0 saturated carbocycles. The highest BCUT2D eigenvalue weighted by molar-refractivity contribution is 5.70. The molecule has 92 valence electrons. The average Bonchev–Trinajstić information content (AvgIpc) is 2.26. The first kappa shape index (κ1) is 13.2. The first-order chi connectivity index (χ1) is 7.63. The molecule has 0 bridgehead atoms. The molecule has 2 atom stereocenters. The molecule has 0 aliphatic heterocycles. The average molecular weight is 227 g/mol. The number of carboxylic acids is 1. The van der Waals surface area contributed by atoms with Crippen molar-refractivity contribution in [3.05, 3.63) is 11.6 Å². The third-order valence-electron chi connectivity index (χ3n) is 3.12. The molecule has 16 heavy (non-hydrogen) atoms. The molecule has 0 aromatic heterocycles. The summed E-state index contributed by atoms with van der Waals surface area (Å²) in [6.45, 7) is 2.51. The summed E-state index contributed by atoms with van der Waals surface area (Å²) < 4.78 is 0. The topological polar surface area (TPSA) is 69.6 Å². The molecule has 0 aromatic carbocycles. The van der Waals surface area contributed by atoms with E-state index in [0.717, 1.165) is 19.3 Å². The Bertz CT molecular complexity index is 263. The highest BCUT2D eigenvalue weighted by Crippen LogP contribution is 2.17. The molecule has 0 radical (unpaired) electrons. The first-order valence-corrected chi connectivity index (χ1v) is 5.86. The van der Waals surface area contributed by atoms with Crippen LogP contribution in [-0.4, -0.2) is 35.4 Å². The van der Waals surface area contributed by atoms with Crippen molar-refractivity contribution >= 4 is 5.97 Å². The molecule has 0 saturated heterocycles. The molecular formula is C12H21NO3. The van der Waals surface area contributed by atoms with Gasteiger partial charge in [0.05, 0.1) is 5.92 Å². The predicted molar refractivity (Wildman–Crippen MR) is 62.2 cm³/mol. The van der Waals surface area contributed by atoms with Crippen molar-refractivity contribution < 1.29 is 15.0 Å². The molecule has 0 fully saturated rings. The van der Waals surface area contributed by atoms with Gasteiger partial charge in [-0.15, -0.1) is 0 Å². The van der Waals surface area contributed by atoms with Gasteiger partial charge in [-0.05, 0) is 32.6 Å². The van der Waals surface area contributed by atoms with E-state index in [1.54, 1.807) is 0 Å². The van der Waals surface area contributed by atoms with Crippen molar-refractivity contribution in [1.82, 2.24) is 5.32 Å². The molecule has 2 unspecified atom stereocenters. The number of allylic oxidation sites excluding steroid dienone is 1. The number of aliphatic carboxylic acids is 1. The number of nitrogens with one attached hydrogen (secondary N) is 1. The number of aliphatic hydroxyl groups is 1. The van der Waals surface area contributed by atoms with E-state index in [4.69, 9.17) is 10.2 Å². The van der Waals surface area contributed by atoms with Crippen LogP contribution in [0.5, 0.6) is 0 Å². The van der Waals surface area contributed by atoms with Crippen molar-refractivity contribution in [2.24, 2.45) is 5.92 Å². The van der Waals surface area contributed by atoms with Crippen LogP contribution in [0.15, 0.2) is 11.6 Å². The summed E-state index contributed by atoms with van der Waals surface area (Å²) in [6, 6.07) is 0.393. The highest BCUT2D eigenvalue weighted by Gasteiger charge is 2.19. The third-order valence-corrected chi connectivity index (χ3v) is 3.12. The summed E-state index contributed by atoms with van der Waals surface area (Å²) in [5, 5.41) is 20.9. The van der Waals surface area contributed by atoms with Gasteiger partial charge in [0.2, 0.25) is 0 Å². The van der Waals surface area contributed by atoms with Crippen LogP contribution in [0.4, 0.5) is 0 Å². The lowest BCUT2D eigenvalue weighted by molar-refractivity contribution is -0.142. The fourth-order valence-electron chi connectivity index (χ4n) is 1.93. The van der Waals surface area contributed by atoms with Gasteiger partial charge in [0.1, 0.15) is 0 Å². The van der Waals surface area contributed by atoms with Crippen molar-refractivity contribution in [1.29, 1.82) is 0 Å². The van der Waals surface area contributed by atoms with Gasteiger partial charge >= 0.3 is 5.97 Å². The zero-order valence-corrected chi connectivity index (χ0v) is 9.78. The van der Waals surface area contributed by atoms with Crippen molar-refractivity contribution in [3.63, 3.8) is 0 Å². The zero-order valence-electron chi connectivity index (χ0n) is 9.78. The predicted octanol–water partition coefficient (Wildman–Crippen LogP) is 1.16. The summed E-state index contributed by atoms with van der Waals surface area (Å²) in [5.41, 5.74) is 1.42. The molecule has 3 N–H and O–H groups in total. The number of aliphatic hydroxyl groups excluding tert-OH is 1. The number of rotatable bonds is 6. The van der Waals surface area contributed by atoms with Crippen LogP contribution < -0.4 is 5.32 Å². The lowest BCUT2D eigenvalue weighted by Crippen LogP contribution is -2.37. The van der Waals surface area contributed by atoms with Gasteiger partial charge < -0.3 is 15.5 Å². The monoisotopic (exact) mass is 227 g/mol. The highest BCUT2D eigenvalue weighted by atomic mass is 16.4. The zero-order chi connectivity index (χ0) is 12.0. The van der Waals surface area contributed by atoms with Crippen LogP contribution in [0.25, 0.3) is 0 Å². The van der Waals surface area contributed by atoms with Crippen LogP contribution in [0.2, 0.25) is 0 Å². The molecule has 4 heteroatoms. The lowest BCUT2D eigenvalue weighted by atomic mass is 9.95. The van der Waals surface area contributed by atoms with E-state index < -0.39 is 11.9 Å². The van der Waals surface area contributed by atoms with E-state index in [1.807, 2.05) is 0 Å². The summed E-state index contributed by atoms with van der Waals surface area (Å²) >= 11 is 0. The third kappa shape index (κ3) is 4.33. The standard InChI is InChI=1S/C12H21NO3/c1-9-2-4-11(5-3-9)13-8-10(6-7-14)12(15)16/h2,10-11,13-14H,3-8H2,1H3,(H,15,16). The fourth-order valence-corrected chi connectivity index (χ4v) is 1.93. The normalized spacial score (nSPS) is 22.6. The van der Waals surface area contributed by atoms with E-state index in [2.05, 4.69) is 18.3 Å². The Morgan fingerprint density at radius 1 is 1.69 bits per heavy atom. The van der Waals surface area contributed by atoms with Crippen molar-refractivity contribution in [2.75, 3.05) is 13.2 Å². The molecule has 4 nitrogen and oxygen atoms in total. The number of carbonyl (C=O) groups is 1. The minimum atomic E-state index is -0.830. The Hall–Kier alpha value is -0.870. The van der Waals surface area contributed by atoms with E-state index >= 15 is 0 Å². The summed E-state index contributed by atoms with van der Waals surface area (Å²) in [5.74, 6) is -1.30. The van der Waals surface area contributed by atoms with Gasteiger partial charge in [-0.1, -0.05) is 11.6 Å². The smallest absolute Gasteiger partial charge is 0.307 e. The number of hydrogen-bond acceptors (Lipinski definition) is 3. The van der Waals surface area contributed by atoms with Crippen LogP contribution in [-0.2, 0) is 4.79 Å². The SMILES string of the molecule is CC1=CCC(NCC(CCO)C(=O)O)CC1. The van der Waals surface area contributed by atoms with Gasteiger partial charge in [0.15, 0.2) is 0 Å². The van der Waals surface area contributed by atoms with E-state index in [0.29, 0.717) is 19.0 Å². The minimum Gasteiger partial charge on any atom is -0.481 e. The second-order valence-corrected chi connectivity index (χ2v) is 4.48. The molecule has 0 heterocycles. The van der Waals surface area contributed by atoms with Gasteiger partial charge in [0, 0.05) is 19.2 Å². The van der Waals surface area contributed by atoms with Gasteiger partial charge in [-0.3, -0.25) is 4.79 Å². The van der Waals surface area contributed by atoms with E-state index in [1.165, 1.54) is 5.57 Å². The molecule has 0 spiro atoms. The molecule has 1 aliphatic rings. The number of hydrogen-bond donors (Lipinski definition) is 3. The Balaban J connectivity index is 2.29. The molecule has 1 aliphatic carbocycles. The van der Waals surface area contributed by atoms with Crippen LogP contribution in [0, 0.1) is 5.92 Å². The maximum atomic E-state index is 10.9. The van der Waals surface area contributed by atoms with Crippen molar-refractivity contribution in [3.8, 4) is 0 Å². The second-order valence-electron chi connectivity index (χ2n) is 4.48. The van der Waals surface area contributed by atoms with Crippen LogP contribution in [0.1, 0.15) is 32.6 Å². The lowest BCUT2D eigenvalue weighted by Gasteiger charge is -2.23. The Kier molecular flexibility index (Phi) is 5.49. The Morgan fingerprint density at radius 3 is 2.94 bits per heavy atom. The number of carboxylic acid groups (broad SMARTS) is 1. The van der Waals surface area contributed by atoms with Gasteiger partial charge in [0.25, 0.3) is 0 Å². The first-order valence-electron chi connectivity index (χ1n) is 5.86. The maximum absolute atomic E-state index is 10.9.